The Labute approximate surface area is 460 Å². The number of phosphoric acid groups is 1. The summed E-state index contributed by atoms with van der Waals surface area (Å²) in [5.41, 5.74) is 5.40. The number of hydrogen-bond donors (Lipinski definition) is 2. The molecule has 0 rings (SSSR count). The molecule has 10 heteroatoms. The minimum absolute atomic E-state index is 0.0574. The molecule has 0 heterocycles. The lowest BCUT2D eigenvalue weighted by Crippen LogP contribution is -2.29. The maximum atomic E-state index is 12.7. The Morgan fingerprint density at radius 3 is 0.959 bits per heavy atom. The molecule has 0 fully saturated rings. The van der Waals surface area contributed by atoms with E-state index in [4.69, 9.17) is 24.3 Å². The number of phosphoric ester groups is 1. The van der Waals surface area contributed by atoms with E-state index >= 15 is 0 Å². The molecule has 0 aromatic carbocycles. The SMILES string of the molecule is CCCCCCCCCC/C=C\CCCCCCCCCCCCCCCCCC(=O)OC(COC(=O)CCCCCCCCCCCCCCCCCCCCCCCCCCCC)COP(=O)(O)OCCN. The second-order valence-corrected chi connectivity index (χ2v) is 23.8. The summed E-state index contributed by atoms with van der Waals surface area (Å²) in [7, 11) is -4.38. The summed E-state index contributed by atoms with van der Waals surface area (Å²) in [6.45, 7) is 3.83. The van der Waals surface area contributed by atoms with Gasteiger partial charge in [0.25, 0.3) is 0 Å². The fourth-order valence-electron chi connectivity index (χ4n) is 10.0. The topological polar surface area (TPSA) is 134 Å². The Hall–Kier alpha value is -1.25. The summed E-state index contributed by atoms with van der Waals surface area (Å²) < 4.78 is 33.1. The molecule has 3 N–H and O–H groups in total. The number of allylic oxidation sites excluding steroid dienone is 2. The van der Waals surface area contributed by atoms with Gasteiger partial charge >= 0.3 is 19.8 Å². The Kier molecular flexibility index (Phi) is 59.9. The zero-order valence-corrected chi connectivity index (χ0v) is 50.3. The fourth-order valence-corrected chi connectivity index (χ4v) is 10.8. The summed E-state index contributed by atoms with van der Waals surface area (Å²) >= 11 is 0. The van der Waals surface area contributed by atoms with Crippen LogP contribution in [0.3, 0.4) is 0 Å². The summed E-state index contributed by atoms with van der Waals surface area (Å²) in [6.07, 6.45) is 71.5. The number of hydrogen-bond acceptors (Lipinski definition) is 8. The van der Waals surface area contributed by atoms with Crippen LogP contribution in [0, 0.1) is 0 Å². The van der Waals surface area contributed by atoms with Crippen molar-refractivity contribution in [2.45, 2.75) is 360 Å². The van der Waals surface area contributed by atoms with Gasteiger partial charge in [0.2, 0.25) is 0 Å². The van der Waals surface area contributed by atoms with Crippen LogP contribution in [0.25, 0.3) is 0 Å². The zero-order valence-electron chi connectivity index (χ0n) is 49.4. The number of nitrogens with two attached hydrogens (primary N) is 1. The molecule has 0 aliphatic carbocycles. The van der Waals surface area contributed by atoms with Crippen molar-refractivity contribution in [1.82, 2.24) is 0 Å². The summed E-state index contributed by atoms with van der Waals surface area (Å²) in [5, 5.41) is 0. The van der Waals surface area contributed by atoms with E-state index in [0.717, 1.165) is 32.1 Å². The van der Waals surface area contributed by atoms with Gasteiger partial charge in [0.15, 0.2) is 6.10 Å². The van der Waals surface area contributed by atoms with Crippen molar-refractivity contribution in [3.05, 3.63) is 12.2 Å². The maximum absolute atomic E-state index is 12.7. The predicted molar refractivity (Wildman–Crippen MR) is 317 cm³/mol. The first-order valence-electron chi connectivity index (χ1n) is 32.7. The first kappa shape index (κ1) is 72.8. The van der Waals surface area contributed by atoms with Gasteiger partial charge in [0.05, 0.1) is 13.2 Å². The minimum atomic E-state index is -4.38. The van der Waals surface area contributed by atoms with Gasteiger partial charge in [-0.05, 0) is 38.5 Å². The van der Waals surface area contributed by atoms with Crippen LogP contribution in [-0.2, 0) is 32.7 Å². The number of carbonyl (C=O) groups is 2. The second kappa shape index (κ2) is 61.0. The molecule has 0 aromatic heterocycles. The summed E-state index contributed by atoms with van der Waals surface area (Å²) in [6, 6.07) is 0. The van der Waals surface area contributed by atoms with Gasteiger partial charge in [-0.15, -0.1) is 0 Å². The van der Waals surface area contributed by atoms with E-state index in [1.165, 1.54) is 289 Å². The Balaban J connectivity index is 3.85. The summed E-state index contributed by atoms with van der Waals surface area (Å²) in [5.74, 6) is -0.803. The Morgan fingerprint density at radius 2 is 0.662 bits per heavy atom. The lowest BCUT2D eigenvalue weighted by Gasteiger charge is -2.19. The molecule has 0 aliphatic rings. The fraction of sp³-hybridized carbons (Fsp3) is 0.938. The van der Waals surface area contributed by atoms with Gasteiger partial charge in [-0.25, -0.2) is 4.57 Å². The molecular formula is C64H126NO8P. The van der Waals surface area contributed by atoms with Crippen molar-refractivity contribution in [2.24, 2.45) is 5.73 Å². The molecule has 9 nitrogen and oxygen atoms in total. The highest BCUT2D eigenvalue weighted by Gasteiger charge is 2.26. The highest BCUT2D eigenvalue weighted by Crippen LogP contribution is 2.43. The van der Waals surface area contributed by atoms with Gasteiger partial charge in [-0.3, -0.25) is 18.6 Å². The first-order chi connectivity index (χ1) is 36.3. The largest absolute Gasteiger partial charge is 0.472 e. The number of esters is 2. The number of ether oxygens (including phenoxy) is 2. The molecule has 0 radical (unpaired) electrons. The van der Waals surface area contributed by atoms with Crippen LogP contribution in [-0.4, -0.2) is 49.3 Å². The van der Waals surface area contributed by atoms with Crippen molar-refractivity contribution < 1.29 is 37.6 Å². The average molecular weight is 1070 g/mol. The van der Waals surface area contributed by atoms with E-state index in [-0.39, 0.29) is 38.6 Å². The van der Waals surface area contributed by atoms with Crippen LogP contribution < -0.4 is 5.73 Å². The van der Waals surface area contributed by atoms with E-state index in [2.05, 4.69) is 26.0 Å². The van der Waals surface area contributed by atoms with Crippen molar-refractivity contribution in [3.63, 3.8) is 0 Å². The van der Waals surface area contributed by atoms with Crippen LogP contribution >= 0.6 is 7.82 Å². The quantitative estimate of drug-likeness (QED) is 0.0264. The third kappa shape index (κ3) is 60.0. The smallest absolute Gasteiger partial charge is 0.462 e. The van der Waals surface area contributed by atoms with Crippen LogP contribution in [0.2, 0.25) is 0 Å². The van der Waals surface area contributed by atoms with Crippen LogP contribution in [0.1, 0.15) is 354 Å². The van der Waals surface area contributed by atoms with Crippen molar-refractivity contribution >= 4 is 19.8 Å². The van der Waals surface area contributed by atoms with Crippen LogP contribution in [0.15, 0.2) is 12.2 Å². The molecule has 0 aliphatic heterocycles. The number of carbonyl (C=O) groups excluding carboxylic acids is 2. The molecule has 0 saturated heterocycles. The standard InChI is InChI=1S/C64H126NO8P/c1-3-5-7-9-11-13-15-17-19-21-23-25-27-29-31-33-35-37-39-41-43-45-47-49-51-53-55-57-64(67)73-62(61-72-74(68,69)71-59-58-65)60-70-63(66)56-54-52-50-48-46-44-42-40-38-36-34-32-30-28-26-24-22-20-18-16-14-12-10-8-6-4-2/h21,23,62H,3-20,22,24-61,65H2,1-2H3,(H,68,69)/b23-21-. The number of unbranched alkanes of at least 4 members (excludes halogenated alkanes) is 48. The predicted octanol–water partition coefficient (Wildman–Crippen LogP) is 20.8. The number of rotatable bonds is 63. The first-order valence-corrected chi connectivity index (χ1v) is 34.2. The monoisotopic (exact) mass is 1070 g/mol. The van der Waals surface area contributed by atoms with E-state index < -0.39 is 26.5 Å². The molecule has 0 aromatic rings. The third-order valence-corrected chi connectivity index (χ3v) is 15.9. The van der Waals surface area contributed by atoms with Gasteiger partial charge in [-0.2, -0.15) is 0 Å². The van der Waals surface area contributed by atoms with Gasteiger partial charge in [0.1, 0.15) is 6.61 Å². The maximum Gasteiger partial charge on any atom is 0.472 e. The van der Waals surface area contributed by atoms with Crippen LogP contribution in [0.4, 0.5) is 0 Å². The molecule has 440 valence electrons. The van der Waals surface area contributed by atoms with E-state index in [1.54, 1.807) is 0 Å². The van der Waals surface area contributed by atoms with Gasteiger partial charge in [0, 0.05) is 19.4 Å². The van der Waals surface area contributed by atoms with E-state index in [0.29, 0.717) is 6.42 Å². The molecule has 0 spiro atoms. The van der Waals surface area contributed by atoms with Gasteiger partial charge < -0.3 is 20.1 Å². The summed E-state index contributed by atoms with van der Waals surface area (Å²) in [4.78, 5) is 35.3. The van der Waals surface area contributed by atoms with Crippen LogP contribution in [0.5, 0.6) is 0 Å². The Morgan fingerprint density at radius 1 is 0.392 bits per heavy atom. The van der Waals surface area contributed by atoms with E-state index in [9.17, 15) is 19.0 Å². The Bertz CT molecular complexity index is 1220. The molecule has 2 atom stereocenters. The second-order valence-electron chi connectivity index (χ2n) is 22.3. The highest BCUT2D eigenvalue weighted by atomic mass is 31.2. The van der Waals surface area contributed by atoms with Crippen molar-refractivity contribution in [2.75, 3.05) is 26.4 Å². The molecule has 2 unspecified atom stereocenters. The zero-order chi connectivity index (χ0) is 53.8. The molecule has 74 heavy (non-hydrogen) atoms. The lowest BCUT2D eigenvalue weighted by atomic mass is 10.0. The average Bonchev–Trinajstić information content (AvgIpc) is 3.39. The molecule has 0 bridgehead atoms. The normalized spacial score (nSPS) is 13.0. The van der Waals surface area contributed by atoms with Crippen molar-refractivity contribution in [1.29, 1.82) is 0 Å². The van der Waals surface area contributed by atoms with Crippen molar-refractivity contribution in [3.8, 4) is 0 Å². The highest BCUT2D eigenvalue weighted by molar-refractivity contribution is 7.47. The van der Waals surface area contributed by atoms with Gasteiger partial charge in [-0.1, -0.05) is 315 Å². The molecular weight excluding hydrogens is 942 g/mol. The lowest BCUT2D eigenvalue weighted by molar-refractivity contribution is -0.161. The molecule has 0 amide bonds. The third-order valence-electron chi connectivity index (χ3n) is 14.9. The van der Waals surface area contributed by atoms with E-state index in [1.807, 2.05) is 0 Å². The minimum Gasteiger partial charge on any atom is -0.462 e. The molecule has 0 saturated carbocycles.